The van der Waals surface area contributed by atoms with Crippen LogP contribution in [0.15, 0.2) is 60.7 Å². The number of benzene rings is 3. The molecule has 3 aromatic carbocycles. The van der Waals surface area contributed by atoms with E-state index >= 15 is 0 Å². The summed E-state index contributed by atoms with van der Waals surface area (Å²) < 4.78 is 5.42. The van der Waals surface area contributed by atoms with Gasteiger partial charge < -0.3 is 15.4 Å². The molecule has 0 heterocycles. The predicted octanol–water partition coefficient (Wildman–Crippen LogP) is 6.23. The van der Waals surface area contributed by atoms with Gasteiger partial charge in [-0.2, -0.15) is 0 Å². The van der Waals surface area contributed by atoms with Crippen molar-refractivity contribution >= 4 is 58.0 Å². The van der Waals surface area contributed by atoms with Crippen LogP contribution < -0.4 is 15.4 Å². The number of rotatable bonds is 6. The van der Waals surface area contributed by atoms with Crippen LogP contribution in [-0.4, -0.2) is 18.4 Å². The Morgan fingerprint density at radius 2 is 1.57 bits per heavy atom. The maximum atomic E-state index is 12.3. The third-order valence-corrected chi connectivity index (χ3v) is 5.15. The van der Waals surface area contributed by atoms with E-state index in [0.29, 0.717) is 22.0 Å². The summed E-state index contributed by atoms with van der Waals surface area (Å²) in [6, 6.07) is 17.0. The molecular formula is C22H17Cl3N2O3. The van der Waals surface area contributed by atoms with Gasteiger partial charge in [-0.3, -0.25) is 9.59 Å². The summed E-state index contributed by atoms with van der Waals surface area (Å²) in [6.07, 6.45) is 0. The second-order valence-corrected chi connectivity index (χ2v) is 7.61. The lowest BCUT2D eigenvalue weighted by atomic mass is 10.1. The highest BCUT2D eigenvalue weighted by Gasteiger charge is 2.11. The maximum Gasteiger partial charge on any atom is 0.262 e. The van der Waals surface area contributed by atoms with Crippen LogP contribution in [0.2, 0.25) is 15.1 Å². The summed E-state index contributed by atoms with van der Waals surface area (Å²) in [4.78, 5) is 24.5. The molecule has 3 aromatic rings. The topological polar surface area (TPSA) is 67.4 Å². The molecule has 0 spiro atoms. The Kier molecular flexibility index (Phi) is 7.21. The first-order chi connectivity index (χ1) is 14.3. The zero-order valence-corrected chi connectivity index (χ0v) is 18.1. The van der Waals surface area contributed by atoms with E-state index in [1.54, 1.807) is 42.5 Å². The molecule has 30 heavy (non-hydrogen) atoms. The fraction of sp³-hybridized carbons (Fsp3) is 0.0909. The van der Waals surface area contributed by atoms with E-state index in [1.807, 2.05) is 13.0 Å². The average Bonchev–Trinajstić information content (AvgIpc) is 2.72. The van der Waals surface area contributed by atoms with Crippen LogP contribution in [0.5, 0.6) is 5.75 Å². The van der Waals surface area contributed by atoms with Gasteiger partial charge >= 0.3 is 0 Å². The molecular weight excluding hydrogens is 447 g/mol. The van der Waals surface area contributed by atoms with Gasteiger partial charge in [-0.05, 0) is 48.9 Å². The van der Waals surface area contributed by atoms with Crippen molar-refractivity contribution in [3.63, 3.8) is 0 Å². The molecule has 2 N–H and O–H groups in total. The number of nitrogens with one attached hydrogen (secondary N) is 2. The van der Waals surface area contributed by atoms with Gasteiger partial charge in [0.2, 0.25) is 0 Å². The molecule has 154 valence electrons. The van der Waals surface area contributed by atoms with Crippen LogP contribution >= 0.6 is 34.8 Å². The molecule has 0 fully saturated rings. The van der Waals surface area contributed by atoms with Gasteiger partial charge in [0, 0.05) is 23.0 Å². The van der Waals surface area contributed by atoms with Crippen molar-refractivity contribution in [1.29, 1.82) is 0 Å². The van der Waals surface area contributed by atoms with Crippen molar-refractivity contribution in [2.24, 2.45) is 0 Å². The molecule has 5 nitrogen and oxygen atoms in total. The monoisotopic (exact) mass is 462 g/mol. The number of carbonyl (C=O) groups is 2. The van der Waals surface area contributed by atoms with E-state index in [0.717, 1.165) is 5.56 Å². The van der Waals surface area contributed by atoms with Crippen LogP contribution in [-0.2, 0) is 4.79 Å². The highest BCUT2D eigenvalue weighted by atomic mass is 35.5. The third kappa shape index (κ3) is 5.66. The van der Waals surface area contributed by atoms with Crippen LogP contribution in [0.25, 0.3) is 0 Å². The number of carbonyl (C=O) groups excluding carboxylic acids is 2. The summed E-state index contributed by atoms with van der Waals surface area (Å²) in [6.45, 7) is 1.57. The Labute approximate surface area is 188 Å². The van der Waals surface area contributed by atoms with Crippen LogP contribution in [0, 0.1) is 6.92 Å². The summed E-state index contributed by atoms with van der Waals surface area (Å²) in [5.74, 6) is -0.323. The van der Waals surface area contributed by atoms with E-state index in [2.05, 4.69) is 10.6 Å². The highest BCUT2D eigenvalue weighted by Crippen LogP contribution is 2.33. The first-order valence-corrected chi connectivity index (χ1v) is 10.0. The largest absolute Gasteiger partial charge is 0.482 e. The summed E-state index contributed by atoms with van der Waals surface area (Å²) in [5, 5.41) is 6.42. The Balaban J connectivity index is 1.59. The van der Waals surface area contributed by atoms with Gasteiger partial charge in [0.15, 0.2) is 6.61 Å². The third-order valence-electron chi connectivity index (χ3n) is 4.13. The predicted molar refractivity (Wildman–Crippen MR) is 121 cm³/mol. The zero-order valence-electron chi connectivity index (χ0n) is 15.8. The Bertz CT molecular complexity index is 1090. The molecule has 0 aromatic heterocycles. The maximum absolute atomic E-state index is 12.3. The SMILES string of the molecule is Cc1cc(NC(=O)COc2cc(Cl)c(Cl)cc2Cl)ccc1NC(=O)c1ccccc1. The Morgan fingerprint density at radius 3 is 2.27 bits per heavy atom. The number of halogens is 3. The number of hydrogen-bond donors (Lipinski definition) is 2. The molecule has 2 amide bonds. The molecule has 0 atom stereocenters. The zero-order chi connectivity index (χ0) is 21.7. The molecule has 8 heteroatoms. The van der Waals surface area contributed by atoms with Crippen molar-refractivity contribution in [3.05, 3.63) is 86.9 Å². The van der Waals surface area contributed by atoms with E-state index in [1.165, 1.54) is 12.1 Å². The van der Waals surface area contributed by atoms with E-state index in [-0.39, 0.29) is 34.2 Å². The van der Waals surface area contributed by atoms with Crippen molar-refractivity contribution in [3.8, 4) is 5.75 Å². The highest BCUT2D eigenvalue weighted by molar-refractivity contribution is 6.43. The number of ether oxygens (including phenoxy) is 1. The molecule has 0 radical (unpaired) electrons. The molecule has 0 aliphatic rings. The quantitative estimate of drug-likeness (QED) is 0.426. The van der Waals surface area contributed by atoms with Gasteiger partial charge in [0.25, 0.3) is 11.8 Å². The van der Waals surface area contributed by atoms with Crippen molar-refractivity contribution in [1.82, 2.24) is 0 Å². The minimum atomic E-state index is -0.377. The number of hydrogen-bond acceptors (Lipinski definition) is 3. The lowest BCUT2D eigenvalue weighted by Crippen LogP contribution is -2.20. The molecule has 0 saturated heterocycles. The second-order valence-electron chi connectivity index (χ2n) is 6.38. The van der Waals surface area contributed by atoms with E-state index < -0.39 is 0 Å². The Morgan fingerprint density at radius 1 is 0.867 bits per heavy atom. The molecule has 0 aliphatic carbocycles. The fourth-order valence-electron chi connectivity index (χ4n) is 2.62. The number of amides is 2. The Hall–Kier alpha value is -2.73. The minimum absolute atomic E-state index is 0.206. The van der Waals surface area contributed by atoms with Crippen LogP contribution in [0.4, 0.5) is 11.4 Å². The van der Waals surface area contributed by atoms with Crippen LogP contribution in [0.3, 0.4) is 0 Å². The molecule has 0 aliphatic heterocycles. The second kappa shape index (κ2) is 9.85. The van der Waals surface area contributed by atoms with Gasteiger partial charge in [-0.15, -0.1) is 0 Å². The summed E-state index contributed by atoms with van der Waals surface area (Å²) in [7, 11) is 0. The van der Waals surface area contributed by atoms with Crippen molar-refractivity contribution in [2.75, 3.05) is 17.2 Å². The number of anilines is 2. The van der Waals surface area contributed by atoms with Crippen molar-refractivity contribution < 1.29 is 14.3 Å². The molecule has 0 unspecified atom stereocenters. The molecule has 0 saturated carbocycles. The van der Waals surface area contributed by atoms with E-state index in [4.69, 9.17) is 39.5 Å². The summed E-state index contributed by atoms with van der Waals surface area (Å²) in [5.41, 5.74) is 2.58. The fourth-order valence-corrected chi connectivity index (χ4v) is 3.21. The molecule has 0 bridgehead atoms. The number of aryl methyl sites for hydroxylation is 1. The lowest BCUT2D eigenvalue weighted by molar-refractivity contribution is -0.118. The van der Waals surface area contributed by atoms with Gasteiger partial charge in [-0.1, -0.05) is 53.0 Å². The van der Waals surface area contributed by atoms with Crippen LogP contribution in [0.1, 0.15) is 15.9 Å². The first kappa shape index (κ1) is 22.0. The van der Waals surface area contributed by atoms with Gasteiger partial charge in [0.1, 0.15) is 5.75 Å². The smallest absolute Gasteiger partial charge is 0.262 e. The van der Waals surface area contributed by atoms with Gasteiger partial charge in [0.05, 0.1) is 15.1 Å². The van der Waals surface area contributed by atoms with E-state index in [9.17, 15) is 9.59 Å². The lowest BCUT2D eigenvalue weighted by Gasteiger charge is -2.12. The average molecular weight is 464 g/mol. The van der Waals surface area contributed by atoms with Crippen molar-refractivity contribution in [2.45, 2.75) is 6.92 Å². The first-order valence-electron chi connectivity index (χ1n) is 8.87. The standard InChI is InChI=1S/C22H17Cl3N2O3/c1-13-9-15(7-8-19(13)27-22(29)14-5-3-2-4-6-14)26-21(28)12-30-20-11-17(24)16(23)10-18(20)25/h2-11H,12H2,1H3,(H,26,28)(H,27,29). The molecule has 3 rings (SSSR count). The minimum Gasteiger partial charge on any atom is -0.482 e. The normalized spacial score (nSPS) is 10.4. The summed E-state index contributed by atoms with van der Waals surface area (Å²) >= 11 is 17.8. The van der Waals surface area contributed by atoms with Gasteiger partial charge in [-0.25, -0.2) is 0 Å².